The van der Waals surface area contributed by atoms with E-state index in [9.17, 15) is 0 Å². The number of nitrogens with zero attached hydrogens (tertiary/aromatic N) is 1. The summed E-state index contributed by atoms with van der Waals surface area (Å²) in [5.74, 6) is 0. The quantitative estimate of drug-likeness (QED) is 0.773. The van der Waals surface area contributed by atoms with Crippen LogP contribution in [0.3, 0.4) is 0 Å². The van der Waals surface area contributed by atoms with Gasteiger partial charge in [-0.15, -0.1) is 0 Å². The van der Waals surface area contributed by atoms with Crippen molar-refractivity contribution >= 4 is 0 Å². The second kappa shape index (κ2) is 8.34. The summed E-state index contributed by atoms with van der Waals surface area (Å²) in [5.41, 5.74) is 2.81. The SMILES string of the molecule is Cc1cccc(CCC(C)NCCN(C)C(C)C)c1. The molecule has 1 aromatic carbocycles. The lowest BCUT2D eigenvalue weighted by Crippen LogP contribution is -2.37. The van der Waals surface area contributed by atoms with Gasteiger partial charge in [0.15, 0.2) is 0 Å². The average molecular weight is 262 g/mol. The zero-order valence-corrected chi connectivity index (χ0v) is 13.2. The molecule has 1 N–H and O–H groups in total. The smallest absolute Gasteiger partial charge is 0.0107 e. The number of rotatable bonds is 8. The molecule has 0 heterocycles. The van der Waals surface area contributed by atoms with Crippen molar-refractivity contribution in [3.05, 3.63) is 35.4 Å². The normalized spacial score (nSPS) is 13.2. The molecule has 1 atom stereocenters. The molecule has 0 saturated heterocycles. The van der Waals surface area contributed by atoms with Crippen molar-refractivity contribution in [2.24, 2.45) is 0 Å². The molecule has 0 radical (unpaired) electrons. The highest BCUT2D eigenvalue weighted by atomic mass is 15.1. The van der Waals surface area contributed by atoms with E-state index in [1.165, 1.54) is 17.5 Å². The predicted octanol–water partition coefficient (Wildman–Crippen LogP) is 3.25. The fraction of sp³-hybridized carbons (Fsp3) is 0.647. The van der Waals surface area contributed by atoms with E-state index in [0.717, 1.165) is 19.5 Å². The van der Waals surface area contributed by atoms with Gasteiger partial charge in [0, 0.05) is 25.2 Å². The summed E-state index contributed by atoms with van der Waals surface area (Å²) in [5, 5.41) is 3.61. The van der Waals surface area contributed by atoms with Gasteiger partial charge < -0.3 is 10.2 Å². The molecule has 19 heavy (non-hydrogen) atoms. The van der Waals surface area contributed by atoms with E-state index >= 15 is 0 Å². The summed E-state index contributed by atoms with van der Waals surface area (Å²) in [6.07, 6.45) is 2.37. The Balaban J connectivity index is 2.19. The van der Waals surface area contributed by atoms with Gasteiger partial charge in [0.05, 0.1) is 0 Å². The van der Waals surface area contributed by atoms with Crippen LogP contribution in [0, 0.1) is 6.92 Å². The van der Waals surface area contributed by atoms with Crippen LogP contribution < -0.4 is 5.32 Å². The highest BCUT2D eigenvalue weighted by molar-refractivity contribution is 5.22. The molecule has 108 valence electrons. The van der Waals surface area contributed by atoms with Crippen LogP contribution in [0.15, 0.2) is 24.3 Å². The maximum absolute atomic E-state index is 3.61. The Morgan fingerprint density at radius 3 is 2.58 bits per heavy atom. The van der Waals surface area contributed by atoms with Crippen molar-refractivity contribution < 1.29 is 0 Å². The minimum atomic E-state index is 0.584. The van der Waals surface area contributed by atoms with Crippen molar-refractivity contribution in [1.29, 1.82) is 0 Å². The summed E-state index contributed by atoms with van der Waals surface area (Å²) >= 11 is 0. The molecule has 2 heteroatoms. The minimum Gasteiger partial charge on any atom is -0.313 e. The predicted molar refractivity (Wildman–Crippen MR) is 84.7 cm³/mol. The van der Waals surface area contributed by atoms with E-state index in [1.54, 1.807) is 0 Å². The van der Waals surface area contributed by atoms with E-state index < -0.39 is 0 Å². The van der Waals surface area contributed by atoms with Crippen molar-refractivity contribution in [3.63, 3.8) is 0 Å². The molecule has 0 bridgehead atoms. The standard InChI is InChI=1S/C17H30N2/c1-14(2)19(5)12-11-18-16(4)9-10-17-8-6-7-15(3)13-17/h6-8,13-14,16,18H,9-12H2,1-5H3. The van der Waals surface area contributed by atoms with Crippen LogP contribution in [0.1, 0.15) is 38.3 Å². The third-order valence-corrected chi connectivity index (χ3v) is 3.79. The molecule has 1 rings (SSSR count). The first-order valence-corrected chi connectivity index (χ1v) is 7.48. The maximum Gasteiger partial charge on any atom is 0.0107 e. The lowest BCUT2D eigenvalue weighted by atomic mass is 10.0. The van der Waals surface area contributed by atoms with E-state index in [0.29, 0.717) is 12.1 Å². The molecule has 0 aliphatic heterocycles. The molecular weight excluding hydrogens is 232 g/mol. The Kier molecular flexibility index (Phi) is 7.11. The topological polar surface area (TPSA) is 15.3 Å². The summed E-state index contributed by atoms with van der Waals surface area (Å²) in [4.78, 5) is 2.38. The zero-order valence-electron chi connectivity index (χ0n) is 13.2. The number of aryl methyl sites for hydroxylation is 2. The van der Waals surface area contributed by atoms with Crippen LogP contribution in [-0.4, -0.2) is 37.1 Å². The van der Waals surface area contributed by atoms with Gasteiger partial charge in [0.1, 0.15) is 0 Å². The minimum absolute atomic E-state index is 0.584. The highest BCUT2D eigenvalue weighted by Crippen LogP contribution is 2.08. The first-order chi connectivity index (χ1) is 8.99. The molecular formula is C17H30N2. The van der Waals surface area contributed by atoms with Crippen LogP contribution in [0.2, 0.25) is 0 Å². The van der Waals surface area contributed by atoms with Crippen LogP contribution >= 0.6 is 0 Å². The first-order valence-electron chi connectivity index (χ1n) is 7.48. The monoisotopic (exact) mass is 262 g/mol. The van der Waals surface area contributed by atoms with Crippen molar-refractivity contribution in [1.82, 2.24) is 10.2 Å². The number of benzene rings is 1. The lowest BCUT2D eigenvalue weighted by molar-refractivity contribution is 0.269. The van der Waals surface area contributed by atoms with E-state index in [4.69, 9.17) is 0 Å². The third-order valence-electron chi connectivity index (χ3n) is 3.79. The van der Waals surface area contributed by atoms with Crippen molar-refractivity contribution in [3.8, 4) is 0 Å². The van der Waals surface area contributed by atoms with Crippen LogP contribution in [0.5, 0.6) is 0 Å². The van der Waals surface area contributed by atoms with Gasteiger partial charge in [-0.25, -0.2) is 0 Å². The third kappa shape index (κ3) is 6.74. The van der Waals surface area contributed by atoms with Gasteiger partial charge in [0.2, 0.25) is 0 Å². The highest BCUT2D eigenvalue weighted by Gasteiger charge is 2.05. The van der Waals surface area contributed by atoms with E-state index in [-0.39, 0.29) is 0 Å². The largest absolute Gasteiger partial charge is 0.313 e. The number of hydrogen-bond acceptors (Lipinski definition) is 2. The molecule has 2 nitrogen and oxygen atoms in total. The number of nitrogens with one attached hydrogen (secondary N) is 1. The van der Waals surface area contributed by atoms with E-state index in [2.05, 4.69) is 69.2 Å². The molecule has 0 aliphatic rings. The second-order valence-electron chi connectivity index (χ2n) is 5.96. The Morgan fingerprint density at radius 2 is 1.95 bits per heavy atom. The van der Waals surface area contributed by atoms with Gasteiger partial charge in [-0.2, -0.15) is 0 Å². The summed E-state index contributed by atoms with van der Waals surface area (Å²) in [6.45, 7) is 11.1. The second-order valence-corrected chi connectivity index (χ2v) is 5.96. The van der Waals surface area contributed by atoms with Crippen LogP contribution in [-0.2, 0) is 6.42 Å². The zero-order chi connectivity index (χ0) is 14.3. The van der Waals surface area contributed by atoms with E-state index in [1.807, 2.05) is 0 Å². The Bertz CT molecular complexity index is 360. The fourth-order valence-electron chi connectivity index (χ4n) is 2.10. The van der Waals surface area contributed by atoms with Gasteiger partial charge in [-0.1, -0.05) is 29.8 Å². The molecule has 1 unspecified atom stereocenters. The number of hydrogen-bond donors (Lipinski definition) is 1. The first kappa shape index (κ1) is 16.2. The van der Waals surface area contributed by atoms with Crippen LogP contribution in [0.25, 0.3) is 0 Å². The van der Waals surface area contributed by atoms with Gasteiger partial charge in [0.25, 0.3) is 0 Å². The average Bonchev–Trinajstić information content (AvgIpc) is 2.36. The van der Waals surface area contributed by atoms with Crippen molar-refractivity contribution in [2.45, 2.75) is 52.6 Å². The maximum atomic E-state index is 3.61. The summed E-state index contributed by atoms with van der Waals surface area (Å²) in [7, 11) is 2.18. The molecule has 0 aromatic heterocycles. The van der Waals surface area contributed by atoms with Crippen molar-refractivity contribution in [2.75, 3.05) is 20.1 Å². The summed E-state index contributed by atoms with van der Waals surface area (Å²) < 4.78 is 0. The van der Waals surface area contributed by atoms with Crippen LogP contribution in [0.4, 0.5) is 0 Å². The fourth-order valence-corrected chi connectivity index (χ4v) is 2.10. The Morgan fingerprint density at radius 1 is 1.21 bits per heavy atom. The molecule has 0 spiro atoms. The number of likely N-dealkylation sites (N-methyl/N-ethyl adjacent to an activating group) is 1. The van der Waals surface area contributed by atoms with Gasteiger partial charge >= 0.3 is 0 Å². The van der Waals surface area contributed by atoms with Gasteiger partial charge in [-0.05, 0) is 53.1 Å². The lowest BCUT2D eigenvalue weighted by Gasteiger charge is -2.22. The Hall–Kier alpha value is -0.860. The summed E-state index contributed by atoms with van der Waals surface area (Å²) in [6, 6.07) is 10.0. The molecule has 0 aliphatic carbocycles. The molecule has 0 fully saturated rings. The molecule has 0 saturated carbocycles. The molecule has 1 aromatic rings. The molecule has 0 amide bonds. The Labute approximate surface area is 119 Å². The van der Waals surface area contributed by atoms with Gasteiger partial charge in [-0.3, -0.25) is 0 Å².